The number of nitrogens with zero attached hydrogens (tertiary/aromatic N) is 1. The lowest BCUT2D eigenvalue weighted by Gasteiger charge is -2.14. The fourth-order valence-corrected chi connectivity index (χ4v) is 2.29. The largest absolute Gasteiger partial charge is 0.417 e. The van der Waals surface area contributed by atoms with Crippen molar-refractivity contribution >= 4 is 11.6 Å². The van der Waals surface area contributed by atoms with Crippen LogP contribution >= 0.6 is 11.6 Å². The molecule has 0 aromatic heterocycles. The van der Waals surface area contributed by atoms with Gasteiger partial charge in [-0.15, -0.1) is 0 Å². The predicted molar refractivity (Wildman–Crippen MR) is 72.7 cm³/mol. The smallest absolute Gasteiger partial charge is 0.309 e. The van der Waals surface area contributed by atoms with Crippen LogP contribution in [0.4, 0.5) is 13.2 Å². The van der Waals surface area contributed by atoms with Crippen molar-refractivity contribution in [3.05, 3.63) is 33.8 Å². The molecule has 0 fully saturated rings. The highest BCUT2D eigenvalue weighted by atomic mass is 35.5. The van der Waals surface area contributed by atoms with E-state index in [1.165, 1.54) is 0 Å². The summed E-state index contributed by atoms with van der Waals surface area (Å²) in [6.07, 6.45) is -2.03. The molecule has 0 spiro atoms. The van der Waals surface area contributed by atoms with Gasteiger partial charge in [0.1, 0.15) is 0 Å². The van der Waals surface area contributed by atoms with Crippen molar-refractivity contribution in [2.45, 2.75) is 32.4 Å². The average molecular weight is 294 g/mol. The summed E-state index contributed by atoms with van der Waals surface area (Å²) in [5, 5.41) is -0.150. The van der Waals surface area contributed by atoms with Crippen LogP contribution in [0.25, 0.3) is 0 Å². The van der Waals surface area contributed by atoms with Gasteiger partial charge in [-0.05, 0) is 58.5 Å². The lowest BCUT2D eigenvalue weighted by atomic mass is 10.0. The Morgan fingerprint density at radius 3 is 2.32 bits per heavy atom. The van der Waals surface area contributed by atoms with Crippen LogP contribution in [-0.2, 0) is 12.6 Å². The van der Waals surface area contributed by atoms with Gasteiger partial charge < -0.3 is 4.90 Å². The SMILES string of the molecule is Cc1cc(CCCCN(C)C)c(Cl)c(C(F)(F)F)c1. The summed E-state index contributed by atoms with van der Waals surface area (Å²) in [4.78, 5) is 2.05. The number of hydrogen-bond acceptors (Lipinski definition) is 1. The fourth-order valence-electron chi connectivity index (χ4n) is 1.98. The summed E-state index contributed by atoms with van der Waals surface area (Å²) in [6.45, 7) is 2.59. The molecule has 1 rings (SSSR count). The molecule has 0 aliphatic carbocycles. The number of alkyl halides is 3. The number of rotatable bonds is 5. The Morgan fingerprint density at radius 1 is 1.16 bits per heavy atom. The first-order valence-corrected chi connectivity index (χ1v) is 6.60. The molecule has 0 saturated heterocycles. The molecule has 0 aliphatic rings. The Balaban J connectivity index is 2.81. The average Bonchev–Trinajstić information content (AvgIpc) is 2.26. The maximum absolute atomic E-state index is 12.8. The van der Waals surface area contributed by atoms with Gasteiger partial charge in [-0.25, -0.2) is 0 Å². The van der Waals surface area contributed by atoms with Gasteiger partial charge in [0.15, 0.2) is 0 Å². The van der Waals surface area contributed by atoms with E-state index in [1.54, 1.807) is 13.0 Å². The van der Waals surface area contributed by atoms with Gasteiger partial charge >= 0.3 is 6.18 Å². The maximum atomic E-state index is 12.8. The predicted octanol–water partition coefficient (Wildman–Crippen LogP) is 4.55. The van der Waals surface area contributed by atoms with E-state index < -0.39 is 11.7 Å². The van der Waals surface area contributed by atoms with Gasteiger partial charge in [0, 0.05) is 0 Å². The molecule has 1 aromatic rings. The highest BCUT2D eigenvalue weighted by molar-refractivity contribution is 6.32. The summed E-state index contributed by atoms with van der Waals surface area (Å²) < 4.78 is 38.4. The van der Waals surface area contributed by atoms with Crippen molar-refractivity contribution in [2.75, 3.05) is 20.6 Å². The van der Waals surface area contributed by atoms with E-state index in [4.69, 9.17) is 11.6 Å². The molecule has 0 N–H and O–H groups in total. The van der Waals surface area contributed by atoms with Crippen molar-refractivity contribution in [2.24, 2.45) is 0 Å². The van der Waals surface area contributed by atoms with E-state index in [1.807, 2.05) is 14.1 Å². The van der Waals surface area contributed by atoms with E-state index in [9.17, 15) is 13.2 Å². The van der Waals surface area contributed by atoms with Gasteiger partial charge in [-0.2, -0.15) is 13.2 Å². The molecule has 5 heteroatoms. The zero-order chi connectivity index (χ0) is 14.6. The monoisotopic (exact) mass is 293 g/mol. The Kier molecular flexibility index (Phi) is 5.68. The molecule has 0 amide bonds. The van der Waals surface area contributed by atoms with Crippen LogP contribution in [-0.4, -0.2) is 25.5 Å². The van der Waals surface area contributed by atoms with Crippen LogP contribution in [0.2, 0.25) is 5.02 Å². The molecular formula is C14H19ClF3N. The first kappa shape index (κ1) is 16.3. The van der Waals surface area contributed by atoms with Crippen LogP contribution in [0.5, 0.6) is 0 Å². The summed E-state index contributed by atoms with van der Waals surface area (Å²) in [5.74, 6) is 0. The summed E-state index contributed by atoms with van der Waals surface area (Å²) in [5.41, 5.74) is 0.462. The Morgan fingerprint density at radius 2 is 1.79 bits per heavy atom. The van der Waals surface area contributed by atoms with E-state index in [-0.39, 0.29) is 5.02 Å². The van der Waals surface area contributed by atoms with E-state index >= 15 is 0 Å². The number of benzene rings is 1. The second-order valence-electron chi connectivity index (χ2n) is 5.04. The second kappa shape index (κ2) is 6.62. The first-order chi connectivity index (χ1) is 8.71. The van der Waals surface area contributed by atoms with E-state index in [0.717, 1.165) is 25.5 Å². The fraction of sp³-hybridized carbons (Fsp3) is 0.571. The Hall–Kier alpha value is -0.740. The number of halogens is 4. The summed E-state index contributed by atoms with van der Waals surface area (Å²) in [7, 11) is 3.95. The third kappa shape index (κ3) is 5.03. The Bertz CT molecular complexity index is 427. The maximum Gasteiger partial charge on any atom is 0.417 e. The molecule has 1 aromatic carbocycles. The van der Waals surface area contributed by atoms with Crippen LogP contribution in [0.3, 0.4) is 0 Å². The van der Waals surface area contributed by atoms with Crippen molar-refractivity contribution in [1.29, 1.82) is 0 Å². The normalized spacial score (nSPS) is 12.2. The molecule has 1 nitrogen and oxygen atoms in total. The third-order valence-corrected chi connectivity index (χ3v) is 3.35. The van der Waals surface area contributed by atoms with Crippen molar-refractivity contribution in [1.82, 2.24) is 4.90 Å². The van der Waals surface area contributed by atoms with E-state index in [0.29, 0.717) is 17.5 Å². The quantitative estimate of drug-likeness (QED) is 0.720. The van der Waals surface area contributed by atoms with Gasteiger partial charge in [0.05, 0.1) is 10.6 Å². The van der Waals surface area contributed by atoms with Crippen LogP contribution < -0.4 is 0 Å². The molecule has 108 valence electrons. The Labute approximate surface area is 117 Å². The topological polar surface area (TPSA) is 3.24 Å². The highest BCUT2D eigenvalue weighted by Gasteiger charge is 2.34. The minimum atomic E-state index is -4.39. The van der Waals surface area contributed by atoms with Gasteiger partial charge in [0.25, 0.3) is 0 Å². The zero-order valence-electron chi connectivity index (χ0n) is 11.4. The number of hydrogen-bond donors (Lipinski definition) is 0. The van der Waals surface area contributed by atoms with Crippen molar-refractivity contribution in [3.8, 4) is 0 Å². The van der Waals surface area contributed by atoms with E-state index in [2.05, 4.69) is 4.90 Å². The molecule has 0 saturated carbocycles. The summed E-state index contributed by atoms with van der Waals surface area (Å²) in [6, 6.07) is 2.85. The number of unbranched alkanes of at least 4 members (excludes halogenated alkanes) is 1. The zero-order valence-corrected chi connectivity index (χ0v) is 12.2. The number of aryl methyl sites for hydroxylation is 2. The van der Waals surface area contributed by atoms with Gasteiger partial charge in [0.2, 0.25) is 0 Å². The molecular weight excluding hydrogens is 275 g/mol. The van der Waals surface area contributed by atoms with Crippen LogP contribution in [0.15, 0.2) is 12.1 Å². The molecule has 0 bridgehead atoms. The van der Waals surface area contributed by atoms with Crippen LogP contribution in [0, 0.1) is 6.92 Å². The third-order valence-electron chi connectivity index (χ3n) is 2.90. The molecule has 0 aliphatic heterocycles. The first-order valence-electron chi connectivity index (χ1n) is 6.22. The second-order valence-corrected chi connectivity index (χ2v) is 5.42. The lowest BCUT2D eigenvalue weighted by Crippen LogP contribution is -2.13. The van der Waals surface area contributed by atoms with Crippen molar-refractivity contribution < 1.29 is 13.2 Å². The minimum Gasteiger partial charge on any atom is -0.309 e. The molecule has 0 radical (unpaired) electrons. The molecule has 19 heavy (non-hydrogen) atoms. The van der Waals surface area contributed by atoms with Gasteiger partial charge in [-0.3, -0.25) is 0 Å². The highest BCUT2D eigenvalue weighted by Crippen LogP contribution is 2.37. The lowest BCUT2D eigenvalue weighted by molar-refractivity contribution is -0.137. The molecule has 0 atom stereocenters. The molecule has 0 unspecified atom stereocenters. The van der Waals surface area contributed by atoms with Gasteiger partial charge in [-0.1, -0.05) is 23.2 Å². The van der Waals surface area contributed by atoms with Crippen molar-refractivity contribution in [3.63, 3.8) is 0 Å². The minimum absolute atomic E-state index is 0.150. The standard InChI is InChI=1S/C14H19ClF3N/c1-10-8-11(6-4-5-7-19(2)3)13(15)12(9-10)14(16,17)18/h8-9H,4-7H2,1-3H3. The molecule has 0 heterocycles. The van der Waals surface area contributed by atoms with Crippen LogP contribution in [0.1, 0.15) is 29.5 Å². The summed E-state index contributed by atoms with van der Waals surface area (Å²) >= 11 is 5.88.